The third-order valence-corrected chi connectivity index (χ3v) is 4.49. The molecule has 0 bridgehead atoms. The van der Waals surface area contributed by atoms with Crippen LogP contribution in [0.3, 0.4) is 0 Å². The van der Waals surface area contributed by atoms with Gasteiger partial charge in [0.25, 0.3) is 0 Å². The van der Waals surface area contributed by atoms with Crippen LogP contribution in [0.4, 0.5) is 0 Å². The van der Waals surface area contributed by atoms with Crippen molar-refractivity contribution in [1.82, 2.24) is 9.78 Å². The maximum atomic E-state index is 10.1. The highest BCUT2D eigenvalue weighted by Gasteiger charge is 2.10. The molecule has 3 nitrogen and oxygen atoms in total. The Morgan fingerprint density at radius 3 is 2.63 bits per heavy atom. The van der Waals surface area contributed by atoms with E-state index in [1.165, 1.54) is 4.90 Å². The van der Waals surface area contributed by atoms with Crippen molar-refractivity contribution in [2.45, 2.75) is 24.3 Å². The molecule has 0 fully saturated rings. The number of benzene rings is 1. The van der Waals surface area contributed by atoms with Crippen molar-refractivity contribution in [3.8, 4) is 0 Å². The molecule has 0 radical (unpaired) electrons. The van der Waals surface area contributed by atoms with Gasteiger partial charge in [0.15, 0.2) is 0 Å². The average molecular weight is 341 g/mol. The van der Waals surface area contributed by atoms with E-state index >= 15 is 0 Å². The molecule has 2 aromatic rings. The van der Waals surface area contributed by atoms with E-state index in [-0.39, 0.29) is 6.10 Å². The van der Waals surface area contributed by atoms with Gasteiger partial charge >= 0.3 is 0 Å². The van der Waals surface area contributed by atoms with Crippen molar-refractivity contribution >= 4 is 27.7 Å². The first-order valence-corrected chi connectivity index (χ1v) is 7.88. The highest BCUT2D eigenvalue weighted by atomic mass is 79.9. The Hall–Kier alpha value is -0.780. The molecule has 0 aliphatic rings. The van der Waals surface area contributed by atoms with Crippen molar-refractivity contribution in [3.63, 3.8) is 0 Å². The number of aromatic nitrogens is 2. The van der Waals surface area contributed by atoms with Crippen LogP contribution in [-0.2, 0) is 13.5 Å². The van der Waals surface area contributed by atoms with Gasteiger partial charge in [0.1, 0.15) is 0 Å². The summed E-state index contributed by atoms with van der Waals surface area (Å²) >= 11 is 5.08. The summed E-state index contributed by atoms with van der Waals surface area (Å²) < 4.78 is 2.91. The van der Waals surface area contributed by atoms with Crippen LogP contribution in [0.1, 0.15) is 11.4 Å². The van der Waals surface area contributed by atoms with E-state index in [9.17, 15) is 5.11 Å². The highest BCUT2D eigenvalue weighted by Crippen LogP contribution is 2.22. The topological polar surface area (TPSA) is 38.0 Å². The molecule has 0 aliphatic heterocycles. The molecular weight excluding hydrogens is 324 g/mol. The molecular formula is C14H17BrN2OS. The van der Waals surface area contributed by atoms with Gasteiger partial charge in [-0.1, -0.05) is 15.9 Å². The number of rotatable bonds is 5. The van der Waals surface area contributed by atoms with Crippen LogP contribution < -0.4 is 0 Å². The summed E-state index contributed by atoms with van der Waals surface area (Å²) in [7, 11) is 1.91. The zero-order valence-corrected chi connectivity index (χ0v) is 13.4. The van der Waals surface area contributed by atoms with Gasteiger partial charge in [-0.3, -0.25) is 4.68 Å². The van der Waals surface area contributed by atoms with E-state index in [2.05, 4.69) is 33.2 Å². The summed E-state index contributed by atoms with van der Waals surface area (Å²) in [6.07, 6.45) is 0.282. The fourth-order valence-corrected chi connectivity index (χ4v) is 2.97. The minimum absolute atomic E-state index is 0.358. The standard InChI is InChI=1S/C14H17BrN2OS/c1-10-7-12(17(2)16-10)8-13(18)9-19-14-5-3-11(15)4-6-14/h3-7,13,18H,8-9H2,1-2H3. The third kappa shape index (κ3) is 4.37. The van der Waals surface area contributed by atoms with Crippen LogP contribution in [0.5, 0.6) is 0 Å². The van der Waals surface area contributed by atoms with Crippen LogP contribution in [0, 0.1) is 6.92 Å². The van der Waals surface area contributed by atoms with Gasteiger partial charge in [0.05, 0.1) is 11.8 Å². The smallest absolute Gasteiger partial charge is 0.0689 e. The van der Waals surface area contributed by atoms with Gasteiger partial charge in [-0.15, -0.1) is 11.8 Å². The lowest BCUT2D eigenvalue weighted by atomic mass is 10.2. The number of aryl methyl sites for hydroxylation is 2. The number of nitrogens with zero attached hydrogens (tertiary/aromatic N) is 2. The lowest BCUT2D eigenvalue weighted by Gasteiger charge is -2.10. The predicted octanol–water partition coefficient (Wildman–Crippen LogP) is 3.19. The molecule has 0 spiro atoms. The predicted molar refractivity (Wildman–Crippen MR) is 82.5 cm³/mol. The van der Waals surface area contributed by atoms with Gasteiger partial charge in [0.2, 0.25) is 0 Å². The molecule has 0 saturated carbocycles. The quantitative estimate of drug-likeness (QED) is 0.849. The summed E-state index contributed by atoms with van der Waals surface area (Å²) in [5.41, 5.74) is 2.06. The van der Waals surface area contributed by atoms with Crippen molar-refractivity contribution in [2.24, 2.45) is 7.05 Å². The number of aliphatic hydroxyl groups is 1. The highest BCUT2D eigenvalue weighted by molar-refractivity contribution is 9.10. The van der Waals surface area contributed by atoms with E-state index in [0.717, 1.165) is 15.9 Å². The maximum absolute atomic E-state index is 10.1. The van der Waals surface area contributed by atoms with Crippen LogP contribution in [0.25, 0.3) is 0 Å². The number of hydrogen-bond donors (Lipinski definition) is 1. The normalized spacial score (nSPS) is 12.6. The monoisotopic (exact) mass is 340 g/mol. The molecule has 102 valence electrons. The van der Waals surface area contributed by atoms with E-state index in [1.807, 2.05) is 36.9 Å². The first-order chi connectivity index (χ1) is 9.04. The van der Waals surface area contributed by atoms with Gasteiger partial charge in [-0.05, 0) is 37.3 Å². The van der Waals surface area contributed by atoms with E-state index < -0.39 is 0 Å². The fourth-order valence-electron chi connectivity index (χ4n) is 1.88. The van der Waals surface area contributed by atoms with Gasteiger partial charge in [-0.25, -0.2) is 0 Å². The number of thioether (sulfide) groups is 1. The van der Waals surface area contributed by atoms with Crippen molar-refractivity contribution in [1.29, 1.82) is 0 Å². The number of halogens is 1. The summed E-state index contributed by atoms with van der Waals surface area (Å²) in [4.78, 5) is 1.17. The molecule has 5 heteroatoms. The van der Waals surface area contributed by atoms with Crippen LogP contribution in [-0.4, -0.2) is 26.7 Å². The molecule has 0 amide bonds. The van der Waals surface area contributed by atoms with E-state index in [0.29, 0.717) is 12.2 Å². The zero-order valence-electron chi connectivity index (χ0n) is 11.0. The fraction of sp³-hybridized carbons (Fsp3) is 0.357. The lowest BCUT2D eigenvalue weighted by Crippen LogP contribution is -2.15. The van der Waals surface area contributed by atoms with Gasteiger partial charge in [0, 0.05) is 34.3 Å². The van der Waals surface area contributed by atoms with E-state index in [4.69, 9.17) is 0 Å². The summed E-state index contributed by atoms with van der Waals surface area (Å²) in [6, 6.07) is 10.2. The Bertz CT molecular complexity index is 539. The van der Waals surface area contributed by atoms with Crippen LogP contribution in [0.2, 0.25) is 0 Å². The molecule has 0 saturated heterocycles. The lowest BCUT2D eigenvalue weighted by molar-refractivity contribution is 0.197. The number of aliphatic hydroxyl groups excluding tert-OH is 1. The molecule has 19 heavy (non-hydrogen) atoms. The Morgan fingerprint density at radius 2 is 2.05 bits per heavy atom. The minimum atomic E-state index is -0.358. The molecule has 1 atom stereocenters. The van der Waals surface area contributed by atoms with Crippen molar-refractivity contribution < 1.29 is 5.11 Å². The zero-order chi connectivity index (χ0) is 13.8. The number of hydrogen-bond acceptors (Lipinski definition) is 3. The average Bonchev–Trinajstić information content (AvgIpc) is 2.67. The summed E-state index contributed by atoms with van der Waals surface area (Å²) in [5, 5.41) is 14.4. The Balaban J connectivity index is 1.86. The van der Waals surface area contributed by atoms with Crippen LogP contribution >= 0.6 is 27.7 Å². The maximum Gasteiger partial charge on any atom is 0.0689 e. The molecule has 1 heterocycles. The second-order valence-electron chi connectivity index (χ2n) is 4.52. The molecule has 1 aromatic carbocycles. The summed E-state index contributed by atoms with van der Waals surface area (Å²) in [5.74, 6) is 0.686. The third-order valence-electron chi connectivity index (χ3n) is 2.80. The molecule has 1 N–H and O–H groups in total. The molecule has 2 rings (SSSR count). The molecule has 0 aliphatic carbocycles. The van der Waals surface area contributed by atoms with Crippen molar-refractivity contribution in [3.05, 3.63) is 46.2 Å². The minimum Gasteiger partial charge on any atom is -0.392 e. The van der Waals surface area contributed by atoms with Gasteiger partial charge in [-0.2, -0.15) is 5.10 Å². The SMILES string of the molecule is Cc1cc(CC(O)CSc2ccc(Br)cc2)n(C)n1. The Kier molecular flexibility index (Phi) is 5.07. The van der Waals surface area contributed by atoms with Crippen LogP contribution in [0.15, 0.2) is 39.7 Å². The largest absolute Gasteiger partial charge is 0.392 e. The van der Waals surface area contributed by atoms with Gasteiger partial charge < -0.3 is 5.11 Å². The first kappa shape index (κ1) is 14.6. The second kappa shape index (κ2) is 6.59. The second-order valence-corrected chi connectivity index (χ2v) is 6.53. The Labute approximate surface area is 126 Å². The first-order valence-electron chi connectivity index (χ1n) is 6.10. The molecule has 1 aromatic heterocycles. The van der Waals surface area contributed by atoms with E-state index in [1.54, 1.807) is 11.8 Å². The molecule has 1 unspecified atom stereocenters. The summed E-state index contributed by atoms with van der Waals surface area (Å²) in [6.45, 7) is 1.96. The van der Waals surface area contributed by atoms with Crippen molar-refractivity contribution in [2.75, 3.05) is 5.75 Å². The Morgan fingerprint density at radius 1 is 1.37 bits per heavy atom.